The van der Waals surface area contributed by atoms with Crippen LogP contribution in [0.5, 0.6) is 0 Å². The maximum atomic E-state index is 9.82. The van der Waals surface area contributed by atoms with Gasteiger partial charge < -0.3 is 10.0 Å². The van der Waals surface area contributed by atoms with E-state index in [2.05, 4.69) is 43.0 Å². The largest absolute Gasteiger partial charge is 0.388 e. The molecule has 0 aromatic heterocycles. The minimum atomic E-state index is -0.322. The summed E-state index contributed by atoms with van der Waals surface area (Å²) in [5.41, 5.74) is 2.33. The van der Waals surface area contributed by atoms with Gasteiger partial charge in [0, 0.05) is 17.8 Å². The maximum Gasteiger partial charge on any atom is 0.0787 e. The van der Waals surface area contributed by atoms with Crippen LogP contribution in [0.25, 0.3) is 0 Å². The predicted octanol–water partition coefficient (Wildman–Crippen LogP) is 3.90. The Labute approximate surface area is 111 Å². The Kier molecular flexibility index (Phi) is 4.28. The van der Waals surface area contributed by atoms with Gasteiger partial charge in [-0.2, -0.15) is 0 Å². The number of aliphatic hydroxyl groups is 1. The molecule has 1 heterocycles. The third-order valence-corrected chi connectivity index (χ3v) is 4.22. The highest BCUT2D eigenvalue weighted by molar-refractivity contribution is 5.50. The van der Waals surface area contributed by atoms with Crippen molar-refractivity contribution in [1.82, 2.24) is 0 Å². The number of nitrogens with zero attached hydrogens (tertiary/aromatic N) is 1. The van der Waals surface area contributed by atoms with E-state index >= 15 is 0 Å². The van der Waals surface area contributed by atoms with E-state index in [1.54, 1.807) is 0 Å². The van der Waals surface area contributed by atoms with Gasteiger partial charge in [0.1, 0.15) is 0 Å². The van der Waals surface area contributed by atoms with E-state index in [0.29, 0.717) is 12.1 Å². The third kappa shape index (κ3) is 2.54. The summed E-state index contributed by atoms with van der Waals surface area (Å²) in [6.45, 7) is 6.59. The van der Waals surface area contributed by atoms with E-state index < -0.39 is 0 Å². The molecule has 1 aliphatic rings. The van der Waals surface area contributed by atoms with E-state index in [4.69, 9.17) is 0 Å². The lowest BCUT2D eigenvalue weighted by atomic mass is 10.1. The molecule has 2 rings (SSSR count). The highest BCUT2D eigenvalue weighted by Gasteiger charge is 2.29. The molecule has 1 N–H and O–H groups in total. The smallest absolute Gasteiger partial charge is 0.0787 e. The first-order valence-corrected chi connectivity index (χ1v) is 7.23. The van der Waals surface area contributed by atoms with Gasteiger partial charge in [-0.1, -0.05) is 26.0 Å². The van der Waals surface area contributed by atoms with Crippen LogP contribution in [-0.2, 0) is 0 Å². The number of aliphatic hydroxyl groups excluding tert-OH is 1. The number of benzene rings is 1. The monoisotopic (exact) mass is 247 g/mol. The summed E-state index contributed by atoms with van der Waals surface area (Å²) in [4.78, 5) is 2.54. The topological polar surface area (TPSA) is 23.5 Å². The Morgan fingerprint density at radius 3 is 2.44 bits per heavy atom. The molecule has 3 atom stereocenters. The summed E-state index contributed by atoms with van der Waals surface area (Å²) in [6.07, 6.45) is 4.26. The second-order valence-electron chi connectivity index (χ2n) is 5.41. The number of anilines is 1. The molecule has 2 nitrogen and oxygen atoms in total. The highest BCUT2D eigenvalue weighted by atomic mass is 16.3. The maximum absolute atomic E-state index is 9.82. The fraction of sp³-hybridized carbons (Fsp3) is 0.625. The van der Waals surface area contributed by atoms with Gasteiger partial charge in [-0.3, -0.25) is 0 Å². The minimum absolute atomic E-state index is 0.322. The molecular weight excluding hydrogens is 222 g/mol. The van der Waals surface area contributed by atoms with Gasteiger partial charge in [0.2, 0.25) is 0 Å². The molecule has 0 bridgehead atoms. The molecule has 2 unspecified atom stereocenters. The highest BCUT2D eigenvalue weighted by Crippen LogP contribution is 2.32. The van der Waals surface area contributed by atoms with Crippen molar-refractivity contribution in [3.63, 3.8) is 0 Å². The van der Waals surface area contributed by atoms with Crippen LogP contribution in [0.4, 0.5) is 5.69 Å². The fourth-order valence-corrected chi connectivity index (χ4v) is 3.04. The molecule has 1 saturated heterocycles. The molecule has 0 aliphatic carbocycles. The van der Waals surface area contributed by atoms with Crippen LogP contribution >= 0.6 is 0 Å². The first-order valence-electron chi connectivity index (χ1n) is 7.23. The SMILES string of the molecule is CCC1CCC(C)N1c1ccc([C@@H](O)CC)cc1. The van der Waals surface area contributed by atoms with Crippen LogP contribution in [0.3, 0.4) is 0 Å². The second kappa shape index (κ2) is 5.75. The Morgan fingerprint density at radius 2 is 1.89 bits per heavy atom. The average molecular weight is 247 g/mol. The molecule has 0 saturated carbocycles. The van der Waals surface area contributed by atoms with Gasteiger partial charge in [0.15, 0.2) is 0 Å². The van der Waals surface area contributed by atoms with Crippen LogP contribution < -0.4 is 4.90 Å². The quantitative estimate of drug-likeness (QED) is 0.872. The number of rotatable bonds is 4. The van der Waals surface area contributed by atoms with Gasteiger partial charge in [-0.25, -0.2) is 0 Å². The molecule has 2 heteroatoms. The number of hydrogen-bond donors (Lipinski definition) is 1. The zero-order valence-electron chi connectivity index (χ0n) is 11.8. The van der Waals surface area contributed by atoms with Crippen molar-refractivity contribution in [3.05, 3.63) is 29.8 Å². The zero-order chi connectivity index (χ0) is 13.1. The van der Waals surface area contributed by atoms with Crippen molar-refractivity contribution in [2.45, 2.75) is 64.6 Å². The van der Waals surface area contributed by atoms with Crippen LogP contribution in [0.1, 0.15) is 58.1 Å². The lowest BCUT2D eigenvalue weighted by molar-refractivity contribution is 0.173. The molecular formula is C16H25NO. The van der Waals surface area contributed by atoms with Crippen molar-refractivity contribution < 1.29 is 5.11 Å². The normalized spacial score (nSPS) is 25.4. The lowest BCUT2D eigenvalue weighted by Gasteiger charge is -2.30. The van der Waals surface area contributed by atoms with Gasteiger partial charge in [0.25, 0.3) is 0 Å². The van der Waals surface area contributed by atoms with Crippen LogP contribution in [0.2, 0.25) is 0 Å². The summed E-state index contributed by atoms with van der Waals surface area (Å²) < 4.78 is 0. The van der Waals surface area contributed by atoms with Gasteiger partial charge in [-0.15, -0.1) is 0 Å². The number of hydrogen-bond acceptors (Lipinski definition) is 2. The van der Waals surface area contributed by atoms with Crippen LogP contribution in [0, 0.1) is 0 Å². The van der Waals surface area contributed by atoms with E-state index in [9.17, 15) is 5.11 Å². The first kappa shape index (κ1) is 13.4. The Bertz CT molecular complexity index is 373. The average Bonchev–Trinajstić information content (AvgIpc) is 2.79. The van der Waals surface area contributed by atoms with Gasteiger partial charge in [0.05, 0.1) is 6.10 Å². The van der Waals surface area contributed by atoms with Gasteiger partial charge in [-0.05, 0) is 50.3 Å². The Morgan fingerprint density at radius 1 is 1.22 bits per heavy atom. The van der Waals surface area contributed by atoms with Crippen molar-refractivity contribution >= 4 is 5.69 Å². The molecule has 1 aromatic rings. The Balaban J connectivity index is 2.18. The van der Waals surface area contributed by atoms with Crippen LogP contribution in [0.15, 0.2) is 24.3 Å². The van der Waals surface area contributed by atoms with Crippen molar-refractivity contribution in [2.75, 3.05) is 4.90 Å². The van der Waals surface area contributed by atoms with Crippen molar-refractivity contribution in [3.8, 4) is 0 Å². The second-order valence-corrected chi connectivity index (χ2v) is 5.41. The molecule has 0 spiro atoms. The van der Waals surface area contributed by atoms with E-state index in [1.807, 2.05) is 6.92 Å². The molecule has 1 aromatic carbocycles. The predicted molar refractivity (Wildman–Crippen MR) is 76.9 cm³/mol. The summed E-state index contributed by atoms with van der Waals surface area (Å²) in [5, 5.41) is 9.82. The van der Waals surface area contributed by atoms with Crippen LogP contribution in [-0.4, -0.2) is 17.2 Å². The Hall–Kier alpha value is -1.02. The van der Waals surface area contributed by atoms with E-state index in [-0.39, 0.29) is 6.10 Å². The first-order chi connectivity index (χ1) is 8.67. The molecule has 1 aliphatic heterocycles. The summed E-state index contributed by atoms with van der Waals surface area (Å²) in [6, 6.07) is 9.79. The molecule has 0 amide bonds. The molecule has 18 heavy (non-hydrogen) atoms. The van der Waals surface area contributed by atoms with E-state index in [0.717, 1.165) is 12.0 Å². The standard InChI is InChI=1S/C16H25NO/c1-4-14-9-6-12(3)17(14)15-10-7-13(8-11-15)16(18)5-2/h7-8,10-12,14,16,18H,4-6,9H2,1-3H3/t12?,14?,16-/m0/s1. The molecule has 0 radical (unpaired) electrons. The fourth-order valence-electron chi connectivity index (χ4n) is 3.04. The minimum Gasteiger partial charge on any atom is -0.388 e. The van der Waals surface area contributed by atoms with Gasteiger partial charge >= 0.3 is 0 Å². The lowest BCUT2D eigenvalue weighted by Crippen LogP contribution is -2.33. The zero-order valence-corrected chi connectivity index (χ0v) is 11.8. The molecule has 100 valence electrons. The molecule has 1 fully saturated rings. The summed E-state index contributed by atoms with van der Waals surface area (Å²) in [7, 11) is 0. The van der Waals surface area contributed by atoms with Crippen molar-refractivity contribution in [2.24, 2.45) is 0 Å². The van der Waals surface area contributed by atoms with Crippen molar-refractivity contribution in [1.29, 1.82) is 0 Å². The third-order valence-electron chi connectivity index (χ3n) is 4.22. The van der Waals surface area contributed by atoms with E-state index in [1.165, 1.54) is 24.9 Å². The summed E-state index contributed by atoms with van der Waals surface area (Å²) >= 11 is 0. The summed E-state index contributed by atoms with van der Waals surface area (Å²) in [5.74, 6) is 0.